The second-order valence-corrected chi connectivity index (χ2v) is 3.82. The van der Waals surface area contributed by atoms with Crippen LogP contribution in [0.1, 0.15) is 26.7 Å². The van der Waals surface area contributed by atoms with Crippen LogP contribution < -0.4 is 5.73 Å². The molecule has 56 valence electrons. The smallest absolute Gasteiger partial charge is 0.00621 e. The molecule has 9 heavy (non-hydrogen) atoms. The van der Waals surface area contributed by atoms with Gasteiger partial charge >= 0.3 is 0 Å². The van der Waals surface area contributed by atoms with Crippen molar-refractivity contribution in [2.24, 2.45) is 11.7 Å². The van der Waals surface area contributed by atoms with Crippen LogP contribution in [-0.2, 0) is 0 Å². The molecule has 1 nitrogen and oxygen atoms in total. The second-order valence-electron chi connectivity index (χ2n) is 2.74. The number of hydrogen-bond acceptors (Lipinski definition) is 1. The summed E-state index contributed by atoms with van der Waals surface area (Å²) in [6, 6.07) is 0.416. The first kappa shape index (κ1) is 9.69. The molecule has 0 aromatic carbocycles. The summed E-state index contributed by atoms with van der Waals surface area (Å²) in [5, 5.41) is 0. The molecule has 0 saturated carbocycles. The van der Waals surface area contributed by atoms with Crippen LogP contribution in [0.4, 0.5) is 0 Å². The Morgan fingerprint density at radius 1 is 1.44 bits per heavy atom. The lowest BCUT2D eigenvalue weighted by Crippen LogP contribution is -2.26. The fourth-order valence-corrected chi connectivity index (χ4v) is 1.09. The molecule has 0 aliphatic heterocycles. The number of hydrogen-bond donors (Lipinski definition) is 1. The Morgan fingerprint density at radius 2 is 2.00 bits per heavy atom. The Morgan fingerprint density at radius 3 is 2.33 bits per heavy atom. The van der Waals surface area contributed by atoms with Gasteiger partial charge in [0.1, 0.15) is 0 Å². The summed E-state index contributed by atoms with van der Waals surface area (Å²) in [5.74, 6) is 0.646. The predicted octanol–water partition coefficient (Wildman–Crippen LogP) is 2.18. The minimum Gasteiger partial charge on any atom is -0.327 e. The molecule has 0 fully saturated rings. The second kappa shape index (κ2) is 5.47. The highest BCUT2D eigenvalue weighted by Gasteiger charge is 2.05. The van der Waals surface area contributed by atoms with Crippen molar-refractivity contribution in [2.45, 2.75) is 32.7 Å². The van der Waals surface area contributed by atoms with Crippen LogP contribution in [0.25, 0.3) is 0 Å². The molecule has 1 atom stereocenters. The molecule has 2 heteroatoms. The first-order valence-corrected chi connectivity index (χ1v) is 5.02. The zero-order valence-corrected chi connectivity index (χ0v) is 8.39. The highest BCUT2D eigenvalue weighted by atomic mass is 127. The van der Waals surface area contributed by atoms with Crippen LogP contribution in [0.5, 0.6) is 0 Å². The first-order chi connectivity index (χ1) is 4.18. The lowest BCUT2D eigenvalue weighted by molar-refractivity contribution is 0.462. The molecule has 1 unspecified atom stereocenters. The van der Waals surface area contributed by atoms with Crippen LogP contribution in [0, 0.1) is 5.92 Å². The van der Waals surface area contributed by atoms with Crippen molar-refractivity contribution in [3.05, 3.63) is 0 Å². The minimum atomic E-state index is 0.416. The average Bonchev–Trinajstić information content (AvgIpc) is 1.82. The molecule has 0 spiro atoms. The molecule has 0 aromatic rings. The Labute approximate surface area is 71.5 Å². The van der Waals surface area contributed by atoms with Crippen LogP contribution in [-0.4, -0.2) is 10.5 Å². The van der Waals surface area contributed by atoms with Gasteiger partial charge in [0.15, 0.2) is 0 Å². The summed E-state index contributed by atoms with van der Waals surface area (Å²) in [6.45, 7) is 4.36. The van der Waals surface area contributed by atoms with E-state index in [1.807, 2.05) is 0 Å². The Balaban J connectivity index is 3.16. The third-order valence-corrected chi connectivity index (χ3v) is 2.29. The van der Waals surface area contributed by atoms with E-state index in [2.05, 4.69) is 36.4 Å². The van der Waals surface area contributed by atoms with Gasteiger partial charge < -0.3 is 5.73 Å². The third-order valence-electron chi connectivity index (χ3n) is 1.53. The van der Waals surface area contributed by atoms with Crippen LogP contribution in [0.3, 0.4) is 0 Å². The molecule has 0 bridgehead atoms. The quantitative estimate of drug-likeness (QED) is 0.592. The summed E-state index contributed by atoms with van der Waals surface area (Å²) < 4.78 is 1.23. The van der Waals surface area contributed by atoms with Gasteiger partial charge in [-0.1, -0.05) is 36.4 Å². The lowest BCUT2D eigenvalue weighted by Gasteiger charge is -2.13. The topological polar surface area (TPSA) is 26.0 Å². The zero-order valence-electron chi connectivity index (χ0n) is 6.23. The maximum Gasteiger partial charge on any atom is 0.00621 e. The van der Waals surface area contributed by atoms with E-state index >= 15 is 0 Å². The number of alkyl halides is 1. The van der Waals surface area contributed by atoms with Gasteiger partial charge in [-0.25, -0.2) is 0 Å². The predicted molar refractivity (Wildman–Crippen MR) is 50.9 cm³/mol. The van der Waals surface area contributed by atoms with Crippen molar-refractivity contribution >= 4 is 22.6 Å². The molecule has 0 aliphatic carbocycles. The standard InChI is InChI=1S/C7H16IN/c1-6(2)7(9)4-3-5-8/h6-7H,3-5,9H2,1-2H3. The highest BCUT2D eigenvalue weighted by Crippen LogP contribution is 2.06. The maximum absolute atomic E-state index is 5.80. The molecular formula is C7H16IN. The van der Waals surface area contributed by atoms with E-state index in [-0.39, 0.29) is 0 Å². The van der Waals surface area contributed by atoms with Gasteiger partial charge in [-0.15, -0.1) is 0 Å². The summed E-state index contributed by atoms with van der Waals surface area (Å²) in [4.78, 5) is 0. The molecule has 2 N–H and O–H groups in total. The molecule has 0 rings (SSSR count). The maximum atomic E-state index is 5.80. The van der Waals surface area contributed by atoms with E-state index in [4.69, 9.17) is 5.73 Å². The van der Waals surface area contributed by atoms with E-state index in [0.717, 1.165) is 0 Å². The summed E-state index contributed by atoms with van der Waals surface area (Å²) in [7, 11) is 0. The van der Waals surface area contributed by atoms with Gasteiger partial charge in [0, 0.05) is 6.04 Å². The van der Waals surface area contributed by atoms with Gasteiger partial charge in [0.25, 0.3) is 0 Å². The average molecular weight is 241 g/mol. The number of nitrogens with two attached hydrogens (primary N) is 1. The van der Waals surface area contributed by atoms with E-state index in [1.54, 1.807) is 0 Å². The van der Waals surface area contributed by atoms with Gasteiger partial charge in [-0.2, -0.15) is 0 Å². The highest BCUT2D eigenvalue weighted by molar-refractivity contribution is 14.1. The largest absolute Gasteiger partial charge is 0.327 e. The fourth-order valence-electron chi connectivity index (χ4n) is 0.646. The van der Waals surface area contributed by atoms with E-state index in [9.17, 15) is 0 Å². The molecule has 0 radical (unpaired) electrons. The molecule has 0 amide bonds. The molecular weight excluding hydrogens is 225 g/mol. The Kier molecular flexibility index (Phi) is 5.89. The van der Waals surface area contributed by atoms with Crippen molar-refractivity contribution in [1.82, 2.24) is 0 Å². The van der Waals surface area contributed by atoms with Crippen molar-refractivity contribution in [3.8, 4) is 0 Å². The van der Waals surface area contributed by atoms with Gasteiger partial charge in [-0.3, -0.25) is 0 Å². The number of halogens is 1. The molecule has 0 aromatic heterocycles. The fraction of sp³-hybridized carbons (Fsp3) is 1.00. The monoisotopic (exact) mass is 241 g/mol. The lowest BCUT2D eigenvalue weighted by atomic mass is 10.0. The number of rotatable bonds is 4. The van der Waals surface area contributed by atoms with E-state index in [0.29, 0.717) is 12.0 Å². The normalized spacial score (nSPS) is 14.3. The van der Waals surface area contributed by atoms with E-state index in [1.165, 1.54) is 17.3 Å². The van der Waals surface area contributed by atoms with Crippen molar-refractivity contribution in [3.63, 3.8) is 0 Å². The van der Waals surface area contributed by atoms with Crippen LogP contribution >= 0.6 is 22.6 Å². The van der Waals surface area contributed by atoms with E-state index < -0.39 is 0 Å². The van der Waals surface area contributed by atoms with Gasteiger partial charge in [0.05, 0.1) is 0 Å². The molecule has 0 aliphatic rings. The van der Waals surface area contributed by atoms with Crippen LogP contribution in [0.15, 0.2) is 0 Å². The third kappa shape index (κ3) is 5.15. The van der Waals surface area contributed by atoms with Crippen molar-refractivity contribution < 1.29 is 0 Å². The Bertz CT molecular complexity index is 63.9. The summed E-state index contributed by atoms with van der Waals surface area (Å²) >= 11 is 2.39. The van der Waals surface area contributed by atoms with Gasteiger partial charge in [-0.05, 0) is 23.2 Å². The van der Waals surface area contributed by atoms with Crippen molar-refractivity contribution in [1.29, 1.82) is 0 Å². The summed E-state index contributed by atoms with van der Waals surface area (Å²) in [5.41, 5.74) is 5.80. The van der Waals surface area contributed by atoms with Crippen LogP contribution in [0.2, 0.25) is 0 Å². The zero-order chi connectivity index (χ0) is 7.28. The van der Waals surface area contributed by atoms with Gasteiger partial charge in [0.2, 0.25) is 0 Å². The molecule has 0 heterocycles. The first-order valence-electron chi connectivity index (χ1n) is 3.50. The Hall–Kier alpha value is 0.690. The SMILES string of the molecule is CC(C)C(N)CCCI. The molecule has 0 saturated heterocycles. The summed E-state index contributed by atoms with van der Waals surface area (Å²) in [6.07, 6.45) is 2.44. The van der Waals surface area contributed by atoms with Crippen molar-refractivity contribution in [2.75, 3.05) is 4.43 Å². The minimum absolute atomic E-state index is 0.416.